The molecule has 0 heterocycles. The maximum absolute atomic E-state index is 13.6. The van der Waals surface area contributed by atoms with Crippen molar-refractivity contribution in [3.63, 3.8) is 0 Å². The summed E-state index contributed by atoms with van der Waals surface area (Å²) in [5, 5.41) is 3.65. The molecule has 0 aliphatic rings. The van der Waals surface area contributed by atoms with Crippen LogP contribution in [0.5, 0.6) is 0 Å². The van der Waals surface area contributed by atoms with Gasteiger partial charge < -0.3 is 10.2 Å². The fraction of sp³-hybridized carbons (Fsp3) is 0.259. The number of unbranched alkanes of at least 4 members (excludes halogenated alkanes) is 1. The van der Waals surface area contributed by atoms with E-state index in [1.165, 1.54) is 0 Å². The molecule has 0 bridgehead atoms. The second kappa shape index (κ2) is 12.1. The summed E-state index contributed by atoms with van der Waals surface area (Å²) in [4.78, 5) is 28.6. The molecule has 3 rings (SSSR count). The van der Waals surface area contributed by atoms with Crippen molar-refractivity contribution < 1.29 is 9.59 Å². The third-order valence-electron chi connectivity index (χ3n) is 5.29. The van der Waals surface area contributed by atoms with Crippen LogP contribution in [0, 0.1) is 0 Å². The molecule has 3 aromatic rings. The molecule has 0 fully saturated rings. The summed E-state index contributed by atoms with van der Waals surface area (Å²) in [6, 6.07) is 25.8. The van der Waals surface area contributed by atoms with Gasteiger partial charge in [-0.25, -0.2) is 0 Å². The van der Waals surface area contributed by atoms with Crippen LogP contribution < -0.4 is 5.32 Å². The average Bonchev–Trinajstić information content (AvgIpc) is 2.81. The lowest BCUT2D eigenvalue weighted by Gasteiger charge is -2.32. The van der Waals surface area contributed by atoms with Crippen molar-refractivity contribution in [1.29, 1.82) is 0 Å². The van der Waals surface area contributed by atoms with E-state index in [-0.39, 0.29) is 18.2 Å². The first kappa shape index (κ1) is 23.6. The van der Waals surface area contributed by atoms with Crippen LogP contribution in [0.1, 0.15) is 42.5 Å². The fourth-order valence-electron chi connectivity index (χ4n) is 3.58. The lowest BCUT2D eigenvalue weighted by atomic mass is 10.0. The van der Waals surface area contributed by atoms with E-state index in [4.69, 9.17) is 11.6 Å². The van der Waals surface area contributed by atoms with E-state index in [1.807, 2.05) is 72.8 Å². The third-order valence-corrected chi connectivity index (χ3v) is 5.54. The molecule has 0 aliphatic heterocycles. The minimum atomic E-state index is -0.715. The summed E-state index contributed by atoms with van der Waals surface area (Å²) < 4.78 is 0. The third kappa shape index (κ3) is 6.69. The summed E-state index contributed by atoms with van der Waals surface area (Å²) in [6.45, 7) is 3.01. The number of halogens is 1. The zero-order chi connectivity index (χ0) is 22.8. The molecule has 4 nitrogen and oxygen atoms in total. The van der Waals surface area contributed by atoms with Crippen LogP contribution in [0.15, 0.2) is 84.9 Å². The number of hydrogen-bond acceptors (Lipinski definition) is 2. The van der Waals surface area contributed by atoms with Crippen LogP contribution in [-0.4, -0.2) is 23.3 Å². The number of nitrogens with one attached hydrogen (secondary N) is 1. The number of benzene rings is 3. The molecule has 5 heteroatoms. The molecule has 0 spiro atoms. The van der Waals surface area contributed by atoms with Crippen molar-refractivity contribution in [2.75, 3.05) is 6.54 Å². The van der Waals surface area contributed by atoms with E-state index in [2.05, 4.69) is 12.2 Å². The van der Waals surface area contributed by atoms with Gasteiger partial charge >= 0.3 is 0 Å². The Morgan fingerprint density at radius 3 is 2.12 bits per heavy atom. The Morgan fingerprint density at radius 1 is 0.875 bits per heavy atom. The van der Waals surface area contributed by atoms with Crippen LogP contribution in [-0.2, 0) is 22.6 Å². The van der Waals surface area contributed by atoms with Crippen molar-refractivity contribution >= 4 is 23.4 Å². The molecule has 3 aromatic carbocycles. The number of nitrogens with zero attached hydrogens (tertiary/aromatic N) is 1. The number of carbonyl (C=O) groups excluding carboxylic acids is 2. The van der Waals surface area contributed by atoms with E-state index in [0.29, 0.717) is 18.1 Å². The summed E-state index contributed by atoms with van der Waals surface area (Å²) in [5.74, 6) is -0.277. The average molecular weight is 449 g/mol. The predicted molar refractivity (Wildman–Crippen MR) is 129 cm³/mol. The van der Waals surface area contributed by atoms with Crippen LogP contribution in [0.3, 0.4) is 0 Å². The summed E-state index contributed by atoms with van der Waals surface area (Å²) in [7, 11) is 0. The molecular formula is C27H29ClN2O2. The SMILES string of the molecule is CCCCNC(=O)C(c1ccccc1)N(Cc1ccccc1)C(=O)Cc1ccc(Cl)cc1. The van der Waals surface area contributed by atoms with E-state index < -0.39 is 6.04 Å². The van der Waals surface area contributed by atoms with E-state index >= 15 is 0 Å². The molecule has 1 N–H and O–H groups in total. The van der Waals surface area contributed by atoms with Crippen molar-refractivity contribution in [3.05, 3.63) is 107 Å². The standard InChI is InChI=1S/C27H29ClN2O2/c1-2-3-18-29-27(32)26(23-12-8-5-9-13-23)30(20-22-10-6-4-7-11-22)25(31)19-21-14-16-24(28)17-15-21/h4-17,26H,2-3,18-20H2,1H3,(H,29,32). The number of carbonyl (C=O) groups is 2. The maximum atomic E-state index is 13.6. The lowest BCUT2D eigenvalue weighted by molar-refractivity contribution is -0.141. The lowest BCUT2D eigenvalue weighted by Crippen LogP contribution is -2.44. The highest BCUT2D eigenvalue weighted by Crippen LogP contribution is 2.25. The number of rotatable bonds is 10. The molecule has 0 aliphatic carbocycles. The quantitative estimate of drug-likeness (QED) is 0.412. The first-order valence-electron chi connectivity index (χ1n) is 11.0. The van der Waals surface area contributed by atoms with Gasteiger partial charge in [0.25, 0.3) is 0 Å². The number of amides is 2. The summed E-state index contributed by atoms with van der Waals surface area (Å²) in [5.41, 5.74) is 2.62. The van der Waals surface area contributed by atoms with Gasteiger partial charge in [-0.3, -0.25) is 9.59 Å². The van der Waals surface area contributed by atoms with E-state index in [9.17, 15) is 9.59 Å². The van der Waals surface area contributed by atoms with Gasteiger partial charge in [0.1, 0.15) is 6.04 Å². The van der Waals surface area contributed by atoms with Crippen molar-refractivity contribution in [3.8, 4) is 0 Å². The summed E-state index contributed by atoms with van der Waals surface area (Å²) in [6.07, 6.45) is 2.07. The zero-order valence-corrected chi connectivity index (χ0v) is 19.1. The topological polar surface area (TPSA) is 49.4 Å². The van der Waals surface area contributed by atoms with Gasteiger partial charge in [-0.15, -0.1) is 0 Å². The van der Waals surface area contributed by atoms with Gasteiger partial charge in [0.2, 0.25) is 11.8 Å². The van der Waals surface area contributed by atoms with Gasteiger partial charge in [0.05, 0.1) is 6.42 Å². The maximum Gasteiger partial charge on any atom is 0.247 e. The van der Waals surface area contributed by atoms with Crippen molar-refractivity contribution in [2.24, 2.45) is 0 Å². The second-order valence-corrected chi connectivity index (χ2v) is 8.20. The fourth-order valence-corrected chi connectivity index (χ4v) is 3.70. The smallest absolute Gasteiger partial charge is 0.247 e. The van der Waals surface area contributed by atoms with E-state index in [1.54, 1.807) is 17.0 Å². The van der Waals surface area contributed by atoms with Crippen LogP contribution in [0.4, 0.5) is 0 Å². The monoisotopic (exact) mass is 448 g/mol. The van der Waals surface area contributed by atoms with Gasteiger partial charge in [0.15, 0.2) is 0 Å². The Hall–Kier alpha value is -3.11. The Balaban J connectivity index is 1.94. The number of hydrogen-bond donors (Lipinski definition) is 1. The largest absolute Gasteiger partial charge is 0.354 e. The molecule has 2 amide bonds. The van der Waals surface area contributed by atoms with Crippen molar-refractivity contribution in [1.82, 2.24) is 10.2 Å². The Labute approximate surface area is 195 Å². The van der Waals surface area contributed by atoms with E-state index in [0.717, 1.165) is 29.5 Å². The molecule has 1 unspecified atom stereocenters. The molecule has 1 atom stereocenters. The molecule has 166 valence electrons. The second-order valence-electron chi connectivity index (χ2n) is 7.77. The molecular weight excluding hydrogens is 420 g/mol. The molecule has 32 heavy (non-hydrogen) atoms. The normalized spacial score (nSPS) is 11.6. The molecule has 0 aromatic heterocycles. The minimum absolute atomic E-state index is 0.115. The minimum Gasteiger partial charge on any atom is -0.354 e. The highest BCUT2D eigenvalue weighted by atomic mass is 35.5. The zero-order valence-electron chi connectivity index (χ0n) is 18.3. The van der Waals surface area contributed by atoms with Gasteiger partial charge in [-0.05, 0) is 35.2 Å². The predicted octanol–water partition coefficient (Wildman–Crippen LogP) is 5.57. The molecule has 0 radical (unpaired) electrons. The Kier molecular flexibility index (Phi) is 8.88. The Morgan fingerprint density at radius 2 is 1.50 bits per heavy atom. The van der Waals surface area contributed by atoms with Gasteiger partial charge in [-0.2, -0.15) is 0 Å². The van der Waals surface area contributed by atoms with Crippen molar-refractivity contribution in [2.45, 2.75) is 38.8 Å². The highest BCUT2D eigenvalue weighted by Gasteiger charge is 2.31. The summed E-state index contributed by atoms with van der Waals surface area (Å²) >= 11 is 6.00. The van der Waals surface area contributed by atoms with Crippen LogP contribution >= 0.6 is 11.6 Å². The first-order valence-corrected chi connectivity index (χ1v) is 11.4. The highest BCUT2D eigenvalue weighted by molar-refractivity contribution is 6.30. The molecule has 0 saturated heterocycles. The molecule has 0 saturated carbocycles. The first-order chi connectivity index (χ1) is 15.6. The van der Waals surface area contributed by atoms with Crippen LogP contribution in [0.25, 0.3) is 0 Å². The Bertz CT molecular complexity index is 991. The van der Waals surface area contributed by atoms with Gasteiger partial charge in [-0.1, -0.05) is 97.7 Å². The van der Waals surface area contributed by atoms with Crippen LogP contribution in [0.2, 0.25) is 5.02 Å². The van der Waals surface area contributed by atoms with Gasteiger partial charge in [0, 0.05) is 18.1 Å².